The second-order valence-electron chi connectivity index (χ2n) is 5.11. The van der Waals surface area contributed by atoms with Crippen molar-refractivity contribution >= 4 is 35.4 Å². The smallest absolute Gasteiger partial charge is 0.313 e. The number of thioether (sulfide) groups is 2. The van der Waals surface area contributed by atoms with E-state index in [-0.39, 0.29) is 23.1 Å². The molecular weight excluding hydrogens is 316 g/mol. The van der Waals surface area contributed by atoms with E-state index in [0.29, 0.717) is 10.9 Å². The summed E-state index contributed by atoms with van der Waals surface area (Å²) < 4.78 is 0. The van der Waals surface area contributed by atoms with Gasteiger partial charge in [0.2, 0.25) is 11.1 Å². The third kappa shape index (κ3) is 2.19. The molecular formula is C10H14N6O3S2. The van der Waals surface area contributed by atoms with Gasteiger partial charge in [0.05, 0.1) is 0 Å². The van der Waals surface area contributed by atoms with Crippen LogP contribution in [0.4, 0.5) is 0 Å². The molecule has 114 valence electrons. The minimum atomic E-state index is -1.05. The summed E-state index contributed by atoms with van der Waals surface area (Å²) in [4.78, 5) is 25.2. The first-order chi connectivity index (χ1) is 9.95. The lowest BCUT2D eigenvalue weighted by molar-refractivity contribution is -0.156. The van der Waals surface area contributed by atoms with Gasteiger partial charge in [-0.15, -0.1) is 22.0 Å². The van der Waals surface area contributed by atoms with Gasteiger partial charge < -0.3 is 15.7 Å². The summed E-state index contributed by atoms with van der Waals surface area (Å²) in [6, 6.07) is -0.512. The van der Waals surface area contributed by atoms with Gasteiger partial charge >= 0.3 is 5.97 Å². The summed E-state index contributed by atoms with van der Waals surface area (Å²) in [5, 5.41) is 23.1. The van der Waals surface area contributed by atoms with E-state index >= 15 is 0 Å². The number of hydrogen-bond acceptors (Lipinski definition) is 8. The van der Waals surface area contributed by atoms with Crippen molar-refractivity contribution in [2.45, 2.75) is 28.7 Å². The number of hydrogen-bond donors (Lipinski definition) is 3. The van der Waals surface area contributed by atoms with E-state index in [1.54, 1.807) is 11.8 Å². The maximum Gasteiger partial charge on any atom is 0.313 e. The zero-order valence-corrected chi connectivity index (χ0v) is 12.7. The van der Waals surface area contributed by atoms with E-state index in [1.807, 2.05) is 0 Å². The number of carbonyl (C=O) groups excluding carboxylic acids is 1. The molecule has 4 N–H and O–H groups in total. The average molecular weight is 330 g/mol. The summed E-state index contributed by atoms with van der Waals surface area (Å²) in [6.45, 7) is 1.97. The van der Waals surface area contributed by atoms with Crippen molar-refractivity contribution in [1.29, 1.82) is 0 Å². The Morgan fingerprint density at radius 3 is 3.10 bits per heavy atom. The number of nitrogens with zero attached hydrogens (tertiary/aromatic N) is 4. The second kappa shape index (κ2) is 5.14. The second-order valence-corrected chi connectivity index (χ2v) is 7.52. The van der Waals surface area contributed by atoms with Crippen molar-refractivity contribution in [3.8, 4) is 0 Å². The van der Waals surface area contributed by atoms with Crippen LogP contribution in [0.25, 0.3) is 0 Å². The summed E-state index contributed by atoms with van der Waals surface area (Å²) >= 11 is 2.66. The SMILES string of the molecule is CC(Sc1nn[nH]n1)C1(C(=O)O)CS[C@@H]2C(N)C(=O)N2C1. The Labute approximate surface area is 128 Å². The minimum Gasteiger partial charge on any atom is -0.481 e. The lowest BCUT2D eigenvalue weighted by atomic mass is 9.84. The summed E-state index contributed by atoms with van der Waals surface area (Å²) in [5.74, 6) is -0.712. The highest BCUT2D eigenvalue weighted by atomic mass is 32.2. The van der Waals surface area contributed by atoms with E-state index in [1.165, 1.54) is 23.5 Å². The fraction of sp³-hybridized carbons (Fsp3) is 0.700. The zero-order chi connectivity index (χ0) is 15.2. The quantitative estimate of drug-likeness (QED) is 0.468. The van der Waals surface area contributed by atoms with Crippen LogP contribution in [0, 0.1) is 5.41 Å². The Bertz CT molecular complexity index is 569. The first-order valence-corrected chi connectivity index (χ1v) is 8.20. The van der Waals surface area contributed by atoms with Crippen LogP contribution in [0.3, 0.4) is 0 Å². The van der Waals surface area contributed by atoms with Gasteiger partial charge in [-0.25, -0.2) is 0 Å². The van der Waals surface area contributed by atoms with E-state index in [4.69, 9.17) is 5.73 Å². The molecule has 3 rings (SSSR count). The Kier molecular flexibility index (Phi) is 3.58. The first kappa shape index (κ1) is 14.6. The topological polar surface area (TPSA) is 138 Å². The lowest BCUT2D eigenvalue weighted by Gasteiger charge is -2.53. The Morgan fingerprint density at radius 1 is 1.71 bits per heavy atom. The molecule has 1 aromatic heterocycles. The van der Waals surface area contributed by atoms with Crippen LogP contribution in [0.5, 0.6) is 0 Å². The van der Waals surface area contributed by atoms with E-state index in [2.05, 4.69) is 20.6 Å². The van der Waals surface area contributed by atoms with Crippen LogP contribution >= 0.6 is 23.5 Å². The van der Waals surface area contributed by atoms with Gasteiger partial charge in [-0.05, 0) is 5.21 Å². The molecule has 0 radical (unpaired) electrons. The van der Waals surface area contributed by atoms with Gasteiger partial charge in [0, 0.05) is 17.5 Å². The molecule has 3 unspecified atom stereocenters. The van der Waals surface area contributed by atoms with Crippen molar-refractivity contribution in [3.63, 3.8) is 0 Å². The highest BCUT2D eigenvalue weighted by molar-refractivity contribution is 8.01. The number of carboxylic acids is 1. The summed E-state index contributed by atoms with van der Waals surface area (Å²) in [6.07, 6.45) is 0. The molecule has 1 amide bonds. The van der Waals surface area contributed by atoms with Crippen molar-refractivity contribution in [2.75, 3.05) is 12.3 Å². The number of amides is 1. The number of fused-ring (bicyclic) bond motifs is 1. The third-order valence-electron chi connectivity index (χ3n) is 3.96. The maximum absolute atomic E-state index is 11.9. The van der Waals surface area contributed by atoms with Gasteiger partial charge in [-0.3, -0.25) is 9.59 Å². The van der Waals surface area contributed by atoms with Crippen LogP contribution in [0.15, 0.2) is 5.16 Å². The average Bonchev–Trinajstić information content (AvgIpc) is 2.98. The molecule has 2 fully saturated rings. The van der Waals surface area contributed by atoms with Gasteiger partial charge in [-0.2, -0.15) is 5.21 Å². The number of carbonyl (C=O) groups is 2. The fourth-order valence-electron chi connectivity index (χ4n) is 2.52. The molecule has 0 saturated carbocycles. The first-order valence-electron chi connectivity index (χ1n) is 6.27. The molecule has 0 spiro atoms. The molecule has 2 aliphatic heterocycles. The van der Waals surface area contributed by atoms with Crippen LogP contribution in [0.2, 0.25) is 0 Å². The predicted octanol–water partition coefficient (Wildman–Crippen LogP) is -1.01. The van der Waals surface area contributed by atoms with Crippen LogP contribution in [-0.2, 0) is 9.59 Å². The predicted molar refractivity (Wildman–Crippen MR) is 75.5 cm³/mol. The molecule has 11 heteroatoms. The number of nitrogens with two attached hydrogens (primary N) is 1. The number of aromatic amines is 1. The number of H-pyrrole nitrogens is 1. The Balaban J connectivity index is 1.80. The van der Waals surface area contributed by atoms with Crippen LogP contribution < -0.4 is 5.73 Å². The monoisotopic (exact) mass is 330 g/mol. The van der Waals surface area contributed by atoms with Gasteiger partial charge in [-0.1, -0.05) is 18.7 Å². The molecule has 2 aliphatic rings. The standard InChI is InChI=1S/C10H14N6O3S2/c1-4(21-9-12-14-15-13-9)10(8(18)19)2-16-6(17)5(11)7(16)20-3-10/h4-5,7H,2-3,11H2,1H3,(H,18,19)(H,12,13,14,15)/t4?,5?,7-,10?/m1/s1. The largest absolute Gasteiger partial charge is 0.481 e. The van der Waals surface area contributed by atoms with E-state index < -0.39 is 17.4 Å². The number of carboxylic acid groups (broad SMARTS) is 1. The highest BCUT2D eigenvalue weighted by Gasteiger charge is 2.58. The van der Waals surface area contributed by atoms with Crippen molar-refractivity contribution in [2.24, 2.45) is 11.1 Å². The lowest BCUT2D eigenvalue weighted by Crippen LogP contribution is -2.73. The number of tetrazole rings is 1. The molecule has 1 aromatic rings. The molecule has 4 atom stereocenters. The van der Waals surface area contributed by atoms with Gasteiger partial charge in [0.1, 0.15) is 16.8 Å². The molecule has 2 saturated heterocycles. The molecule has 21 heavy (non-hydrogen) atoms. The molecule has 3 heterocycles. The van der Waals surface area contributed by atoms with E-state index in [9.17, 15) is 14.7 Å². The van der Waals surface area contributed by atoms with Gasteiger partial charge in [0.25, 0.3) is 0 Å². The Morgan fingerprint density at radius 2 is 2.48 bits per heavy atom. The number of β-lactam (4-membered cyclic amide) rings is 1. The number of nitrogens with one attached hydrogen (secondary N) is 1. The van der Waals surface area contributed by atoms with E-state index in [0.717, 1.165) is 0 Å². The van der Waals surface area contributed by atoms with Gasteiger partial charge in [0.15, 0.2) is 0 Å². The number of aliphatic carboxylic acids is 1. The summed E-state index contributed by atoms with van der Waals surface area (Å²) in [7, 11) is 0. The zero-order valence-electron chi connectivity index (χ0n) is 11.1. The normalized spacial score (nSPS) is 33.2. The maximum atomic E-state index is 11.9. The minimum absolute atomic E-state index is 0.104. The molecule has 0 aliphatic carbocycles. The third-order valence-corrected chi connectivity index (χ3v) is 6.72. The number of rotatable bonds is 4. The fourth-order valence-corrected chi connectivity index (χ4v) is 5.22. The van der Waals surface area contributed by atoms with Crippen molar-refractivity contribution in [1.82, 2.24) is 25.5 Å². The number of aromatic nitrogens is 4. The van der Waals surface area contributed by atoms with Crippen LogP contribution in [-0.4, -0.2) is 71.5 Å². The molecule has 9 nitrogen and oxygen atoms in total. The Hall–Kier alpha value is -1.33. The van der Waals surface area contributed by atoms with Crippen molar-refractivity contribution < 1.29 is 14.7 Å². The van der Waals surface area contributed by atoms with Crippen LogP contribution in [0.1, 0.15) is 6.92 Å². The molecule has 0 aromatic carbocycles. The highest BCUT2D eigenvalue weighted by Crippen LogP contribution is 2.46. The molecule has 0 bridgehead atoms. The summed E-state index contributed by atoms with van der Waals surface area (Å²) in [5.41, 5.74) is 4.68. The van der Waals surface area contributed by atoms with Crippen molar-refractivity contribution in [3.05, 3.63) is 0 Å².